The van der Waals surface area contributed by atoms with Crippen molar-refractivity contribution in [2.45, 2.75) is 19.9 Å². The van der Waals surface area contributed by atoms with Gasteiger partial charge in [-0.25, -0.2) is 0 Å². The molecule has 1 aromatic heterocycles. The lowest BCUT2D eigenvalue weighted by molar-refractivity contribution is 0.0587. The largest absolute Gasteiger partial charge is 0.351 e. The molecule has 0 unspecified atom stereocenters. The highest BCUT2D eigenvalue weighted by Gasteiger charge is 2.30. The van der Waals surface area contributed by atoms with Crippen molar-refractivity contribution in [2.24, 2.45) is 0 Å². The van der Waals surface area contributed by atoms with E-state index in [9.17, 15) is 4.79 Å². The number of hydrogen-bond acceptors (Lipinski definition) is 4. The van der Waals surface area contributed by atoms with E-state index in [-0.39, 0.29) is 5.91 Å². The maximum atomic E-state index is 12.1. The summed E-state index contributed by atoms with van der Waals surface area (Å²) in [5.74, 6) is 0.308. The van der Waals surface area contributed by atoms with Crippen molar-refractivity contribution in [2.75, 3.05) is 19.6 Å². The molecule has 2 heterocycles. The second-order valence-electron chi connectivity index (χ2n) is 3.74. The summed E-state index contributed by atoms with van der Waals surface area (Å²) in [5, 5.41) is 6.78. The predicted molar refractivity (Wildman–Crippen MR) is 54.6 cm³/mol. The molecule has 0 aromatic carbocycles. The summed E-state index contributed by atoms with van der Waals surface area (Å²) in [6.45, 7) is 6.24. The van der Waals surface area contributed by atoms with Crippen LogP contribution in [0.15, 0.2) is 10.7 Å². The fourth-order valence-electron chi connectivity index (χ4n) is 1.69. The summed E-state index contributed by atoms with van der Waals surface area (Å²) < 4.78 is 4.97. The molecule has 5 heteroatoms. The van der Waals surface area contributed by atoms with Gasteiger partial charge in [-0.3, -0.25) is 4.79 Å². The monoisotopic (exact) mass is 209 g/mol. The van der Waals surface area contributed by atoms with Crippen LogP contribution in [0.3, 0.4) is 0 Å². The second kappa shape index (κ2) is 4.02. The molecule has 1 aliphatic heterocycles. The minimum atomic E-state index is -0.0565. The molecule has 1 N–H and O–H groups in total. The standard InChI is InChI=1S/C10H15N3O2/c1-3-13(8-5-11-6-8)10(14)9-7(2)4-12-15-9/h4,8,11H,3,5-6H2,1-2H3. The number of hydrogen-bond donors (Lipinski definition) is 1. The van der Waals surface area contributed by atoms with Crippen molar-refractivity contribution in [1.29, 1.82) is 0 Å². The number of carbonyl (C=O) groups excluding carboxylic acids is 1. The van der Waals surface area contributed by atoms with Crippen molar-refractivity contribution in [1.82, 2.24) is 15.4 Å². The van der Waals surface area contributed by atoms with Gasteiger partial charge in [-0.05, 0) is 13.8 Å². The zero-order valence-electron chi connectivity index (χ0n) is 8.99. The number of likely N-dealkylation sites (N-methyl/N-ethyl adjacent to an activating group) is 1. The van der Waals surface area contributed by atoms with Crippen LogP contribution in [0.4, 0.5) is 0 Å². The molecule has 0 radical (unpaired) electrons. The summed E-state index contributed by atoms with van der Waals surface area (Å²) in [6, 6.07) is 0.298. The lowest BCUT2D eigenvalue weighted by atomic mass is 10.1. The Morgan fingerprint density at radius 1 is 1.73 bits per heavy atom. The maximum absolute atomic E-state index is 12.1. The first-order valence-electron chi connectivity index (χ1n) is 5.17. The third-order valence-corrected chi connectivity index (χ3v) is 2.74. The quantitative estimate of drug-likeness (QED) is 0.783. The number of aryl methyl sites for hydroxylation is 1. The first-order valence-corrected chi connectivity index (χ1v) is 5.17. The SMILES string of the molecule is CCN(C(=O)c1oncc1C)C1CNC1. The number of rotatable bonds is 3. The van der Waals surface area contributed by atoms with Gasteiger partial charge in [0, 0.05) is 25.2 Å². The molecule has 0 atom stereocenters. The fraction of sp³-hybridized carbons (Fsp3) is 0.600. The van der Waals surface area contributed by atoms with Crippen molar-refractivity contribution in [3.05, 3.63) is 17.5 Å². The van der Waals surface area contributed by atoms with Crippen molar-refractivity contribution < 1.29 is 9.32 Å². The van der Waals surface area contributed by atoms with E-state index in [1.807, 2.05) is 18.7 Å². The molecule has 1 aromatic rings. The highest BCUT2D eigenvalue weighted by atomic mass is 16.5. The van der Waals surface area contributed by atoms with Crippen LogP contribution in [0, 0.1) is 6.92 Å². The van der Waals surface area contributed by atoms with E-state index in [1.165, 1.54) is 0 Å². The number of nitrogens with zero attached hydrogens (tertiary/aromatic N) is 2. The van der Waals surface area contributed by atoms with Gasteiger partial charge in [-0.1, -0.05) is 5.16 Å². The van der Waals surface area contributed by atoms with E-state index in [0.717, 1.165) is 18.7 Å². The van der Waals surface area contributed by atoms with Crippen molar-refractivity contribution in [3.8, 4) is 0 Å². The molecule has 0 aliphatic carbocycles. The topological polar surface area (TPSA) is 58.4 Å². The first kappa shape index (κ1) is 10.2. The Morgan fingerprint density at radius 2 is 2.47 bits per heavy atom. The Kier molecular flexibility index (Phi) is 2.73. The van der Waals surface area contributed by atoms with Crippen LogP contribution in [0.25, 0.3) is 0 Å². The van der Waals surface area contributed by atoms with Gasteiger partial charge in [-0.2, -0.15) is 0 Å². The Labute approximate surface area is 88.4 Å². The average Bonchev–Trinajstić information content (AvgIpc) is 2.56. The summed E-state index contributed by atoms with van der Waals surface area (Å²) >= 11 is 0. The highest BCUT2D eigenvalue weighted by Crippen LogP contribution is 2.13. The van der Waals surface area contributed by atoms with Gasteiger partial charge in [-0.15, -0.1) is 0 Å². The molecular weight excluding hydrogens is 194 g/mol. The van der Waals surface area contributed by atoms with Gasteiger partial charge >= 0.3 is 0 Å². The van der Waals surface area contributed by atoms with Crippen molar-refractivity contribution in [3.63, 3.8) is 0 Å². The third-order valence-electron chi connectivity index (χ3n) is 2.74. The van der Waals surface area contributed by atoms with E-state index in [1.54, 1.807) is 6.20 Å². The Morgan fingerprint density at radius 3 is 2.87 bits per heavy atom. The Hall–Kier alpha value is -1.36. The third kappa shape index (κ3) is 1.74. The highest BCUT2D eigenvalue weighted by molar-refractivity contribution is 5.92. The van der Waals surface area contributed by atoms with Crippen LogP contribution in [0.2, 0.25) is 0 Å². The molecular formula is C10H15N3O2. The lowest BCUT2D eigenvalue weighted by Gasteiger charge is -2.37. The van der Waals surface area contributed by atoms with Crippen LogP contribution in [-0.2, 0) is 0 Å². The van der Waals surface area contributed by atoms with Crippen LogP contribution in [0.1, 0.15) is 23.0 Å². The zero-order valence-corrected chi connectivity index (χ0v) is 8.99. The Balaban J connectivity index is 2.14. The minimum absolute atomic E-state index is 0.0565. The normalized spacial score (nSPS) is 16.1. The predicted octanol–water partition coefficient (Wildman–Crippen LogP) is 0.417. The molecule has 0 bridgehead atoms. The molecule has 82 valence electrons. The molecule has 0 saturated carbocycles. The van der Waals surface area contributed by atoms with Gasteiger partial charge in [0.05, 0.1) is 12.2 Å². The number of carbonyl (C=O) groups is 1. The van der Waals surface area contributed by atoms with Gasteiger partial charge < -0.3 is 14.7 Å². The molecule has 1 aliphatic rings. The van der Waals surface area contributed by atoms with Gasteiger partial charge in [0.25, 0.3) is 5.91 Å². The molecule has 1 fully saturated rings. The molecule has 15 heavy (non-hydrogen) atoms. The number of aromatic nitrogens is 1. The molecule has 2 rings (SSSR count). The van der Waals surface area contributed by atoms with Crippen LogP contribution in [0.5, 0.6) is 0 Å². The zero-order chi connectivity index (χ0) is 10.8. The summed E-state index contributed by atoms with van der Waals surface area (Å²) in [7, 11) is 0. The van der Waals surface area contributed by atoms with E-state index in [4.69, 9.17) is 4.52 Å². The smallest absolute Gasteiger partial charge is 0.293 e. The summed E-state index contributed by atoms with van der Waals surface area (Å²) in [4.78, 5) is 13.9. The van der Waals surface area contributed by atoms with E-state index >= 15 is 0 Å². The fourth-order valence-corrected chi connectivity index (χ4v) is 1.69. The lowest BCUT2D eigenvalue weighted by Crippen LogP contribution is -2.58. The second-order valence-corrected chi connectivity index (χ2v) is 3.74. The van der Waals surface area contributed by atoms with E-state index in [2.05, 4.69) is 10.5 Å². The van der Waals surface area contributed by atoms with Crippen LogP contribution in [-0.4, -0.2) is 41.6 Å². The van der Waals surface area contributed by atoms with E-state index < -0.39 is 0 Å². The van der Waals surface area contributed by atoms with Gasteiger partial charge in [0.1, 0.15) is 0 Å². The summed E-state index contributed by atoms with van der Waals surface area (Å²) in [6.07, 6.45) is 1.57. The number of amides is 1. The minimum Gasteiger partial charge on any atom is -0.351 e. The maximum Gasteiger partial charge on any atom is 0.293 e. The Bertz CT molecular complexity index is 357. The molecule has 1 amide bonds. The molecule has 1 saturated heterocycles. The van der Waals surface area contributed by atoms with Gasteiger partial charge in [0.2, 0.25) is 5.76 Å². The number of nitrogens with one attached hydrogen (secondary N) is 1. The van der Waals surface area contributed by atoms with Crippen LogP contribution >= 0.6 is 0 Å². The van der Waals surface area contributed by atoms with Crippen LogP contribution < -0.4 is 5.32 Å². The van der Waals surface area contributed by atoms with E-state index in [0.29, 0.717) is 18.3 Å². The first-order chi connectivity index (χ1) is 7.24. The molecule has 0 spiro atoms. The summed E-state index contributed by atoms with van der Waals surface area (Å²) in [5.41, 5.74) is 0.797. The molecule has 5 nitrogen and oxygen atoms in total. The van der Waals surface area contributed by atoms with Crippen molar-refractivity contribution >= 4 is 5.91 Å². The average molecular weight is 209 g/mol. The van der Waals surface area contributed by atoms with Gasteiger partial charge in [0.15, 0.2) is 0 Å².